The van der Waals surface area contributed by atoms with Crippen molar-refractivity contribution in [2.75, 3.05) is 0 Å². The molecular weight excluding hydrogens is 108 g/mol. The summed E-state index contributed by atoms with van der Waals surface area (Å²) in [5.74, 6) is 1.57. The molecule has 0 heterocycles. The van der Waals surface area contributed by atoms with Gasteiger partial charge in [-0.1, -0.05) is 40.5 Å². The summed E-state index contributed by atoms with van der Waals surface area (Å²) in [6.07, 6.45) is 5.08. The standard InChI is InChI=1S/C9H19/c1-5-6-9(4)7-8(2)3/h7-9H,5-6H2,1-4H3. The van der Waals surface area contributed by atoms with Gasteiger partial charge in [-0.15, -0.1) is 0 Å². The molecule has 0 amide bonds. The molecule has 1 unspecified atom stereocenters. The Balaban J connectivity index is 3.15. The Bertz CT molecular complexity index is 55.1. The van der Waals surface area contributed by atoms with Crippen molar-refractivity contribution in [3.05, 3.63) is 6.42 Å². The predicted octanol–water partition coefficient (Wildman–Crippen LogP) is 3.28. The molecule has 0 saturated heterocycles. The highest BCUT2D eigenvalue weighted by Crippen LogP contribution is 2.13. The second-order valence-electron chi connectivity index (χ2n) is 3.20. The summed E-state index contributed by atoms with van der Waals surface area (Å²) in [4.78, 5) is 0. The first-order valence-corrected chi connectivity index (χ1v) is 4.01. The molecule has 0 fully saturated rings. The maximum absolute atomic E-state index is 2.42. The van der Waals surface area contributed by atoms with Crippen LogP contribution in [0.25, 0.3) is 0 Å². The molecule has 0 aromatic heterocycles. The number of hydrogen-bond acceptors (Lipinski definition) is 0. The highest BCUT2D eigenvalue weighted by Gasteiger charge is 2.02. The molecule has 0 spiro atoms. The lowest BCUT2D eigenvalue weighted by Crippen LogP contribution is -1.99. The predicted molar refractivity (Wildman–Crippen MR) is 43.2 cm³/mol. The molecule has 1 atom stereocenters. The fourth-order valence-corrected chi connectivity index (χ4v) is 1.21. The molecule has 0 rings (SSSR count). The Morgan fingerprint density at radius 3 is 2.11 bits per heavy atom. The van der Waals surface area contributed by atoms with Crippen LogP contribution in [0, 0.1) is 18.3 Å². The summed E-state index contributed by atoms with van der Waals surface area (Å²) in [6, 6.07) is 0. The second-order valence-corrected chi connectivity index (χ2v) is 3.20. The van der Waals surface area contributed by atoms with Crippen LogP contribution in [0.5, 0.6) is 0 Å². The van der Waals surface area contributed by atoms with E-state index in [1.54, 1.807) is 0 Å². The van der Waals surface area contributed by atoms with Crippen molar-refractivity contribution in [1.82, 2.24) is 0 Å². The summed E-state index contributed by atoms with van der Waals surface area (Å²) in [5, 5.41) is 0. The van der Waals surface area contributed by atoms with Gasteiger partial charge in [-0.2, -0.15) is 0 Å². The van der Waals surface area contributed by atoms with Crippen LogP contribution in [0.2, 0.25) is 0 Å². The van der Waals surface area contributed by atoms with Crippen LogP contribution in [0.3, 0.4) is 0 Å². The third kappa shape index (κ3) is 5.88. The first-order chi connectivity index (χ1) is 4.16. The van der Waals surface area contributed by atoms with E-state index in [1.807, 2.05) is 0 Å². The van der Waals surface area contributed by atoms with Crippen molar-refractivity contribution in [3.8, 4) is 0 Å². The van der Waals surface area contributed by atoms with E-state index in [9.17, 15) is 0 Å². The molecule has 9 heavy (non-hydrogen) atoms. The minimum Gasteiger partial charge on any atom is -0.0654 e. The highest BCUT2D eigenvalue weighted by atomic mass is 14.1. The molecule has 55 valence electrons. The lowest BCUT2D eigenvalue weighted by atomic mass is 9.95. The first-order valence-electron chi connectivity index (χ1n) is 4.01. The quantitative estimate of drug-likeness (QED) is 0.543. The van der Waals surface area contributed by atoms with Crippen LogP contribution in [-0.4, -0.2) is 0 Å². The normalized spacial score (nSPS) is 14.3. The molecular formula is C9H19. The van der Waals surface area contributed by atoms with E-state index in [1.165, 1.54) is 12.8 Å². The summed E-state index contributed by atoms with van der Waals surface area (Å²) < 4.78 is 0. The van der Waals surface area contributed by atoms with Crippen molar-refractivity contribution < 1.29 is 0 Å². The van der Waals surface area contributed by atoms with E-state index in [2.05, 4.69) is 34.1 Å². The molecule has 0 aromatic carbocycles. The van der Waals surface area contributed by atoms with Crippen LogP contribution in [0.4, 0.5) is 0 Å². The smallest absolute Gasteiger partial charge is 0.0332 e. The largest absolute Gasteiger partial charge is 0.0654 e. The summed E-state index contributed by atoms with van der Waals surface area (Å²) in [6.45, 7) is 9.02. The zero-order valence-electron chi connectivity index (χ0n) is 7.15. The lowest BCUT2D eigenvalue weighted by Gasteiger charge is -2.11. The minimum absolute atomic E-state index is 0.756. The molecule has 0 N–H and O–H groups in total. The van der Waals surface area contributed by atoms with Gasteiger partial charge in [0.15, 0.2) is 0 Å². The molecule has 0 aliphatic heterocycles. The van der Waals surface area contributed by atoms with Gasteiger partial charge in [0.25, 0.3) is 0 Å². The van der Waals surface area contributed by atoms with Gasteiger partial charge in [0.05, 0.1) is 0 Å². The molecule has 1 radical (unpaired) electrons. The van der Waals surface area contributed by atoms with E-state index < -0.39 is 0 Å². The summed E-state index contributed by atoms with van der Waals surface area (Å²) >= 11 is 0. The van der Waals surface area contributed by atoms with Gasteiger partial charge >= 0.3 is 0 Å². The summed E-state index contributed by atoms with van der Waals surface area (Å²) in [5.41, 5.74) is 0. The fraction of sp³-hybridized carbons (Fsp3) is 0.889. The first kappa shape index (κ1) is 9.00. The van der Waals surface area contributed by atoms with Crippen LogP contribution in [0.15, 0.2) is 0 Å². The van der Waals surface area contributed by atoms with Gasteiger partial charge in [-0.25, -0.2) is 0 Å². The fourth-order valence-electron chi connectivity index (χ4n) is 1.21. The van der Waals surface area contributed by atoms with Gasteiger partial charge in [-0.05, 0) is 18.3 Å². The molecule has 0 aliphatic rings. The van der Waals surface area contributed by atoms with E-state index in [-0.39, 0.29) is 0 Å². The van der Waals surface area contributed by atoms with Gasteiger partial charge in [0.2, 0.25) is 0 Å². The third-order valence-corrected chi connectivity index (χ3v) is 1.46. The van der Waals surface area contributed by atoms with Crippen molar-refractivity contribution in [1.29, 1.82) is 0 Å². The Kier molecular flexibility index (Phi) is 4.84. The zero-order chi connectivity index (χ0) is 7.28. The van der Waals surface area contributed by atoms with Crippen molar-refractivity contribution in [3.63, 3.8) is 0 Å². The molecule has 0 aromatic rings. The monoisotopic (exact) mass is 127 g/mol. The molecule has 0 heteroatoms. The topological polar surface area (TPSA) is 0 Å². The molecule has 0 nitrogen and oxygen atoms in total. The van der Waals surface area contributed by atoms with Gasteiger partial charge in [0, 0.05) is 0 Å². The third-order valence-electron chi connectivity index (χ3n) is 1.46. The number of rotatable bonds is 4. The average molecular weight is 127 g/mol. The highest BCUT2D eigenvalue weighted by molar-refractivity contribution is 4.74. The maximum Gasteiger partial charge on any atom is -0.0332 e. The van der Waals surface area contributed by atoms with Crippen LogP contribution >= 0.6 is 0 Å². The van der Waals surface area contributed by atoms with E-state index in [4.69, 9.17) is 0 Å². The molecule has 0 aliphatic carbocycles. The Morgan fingerprint density at radius 1 is 1.22 bits per heavy atom. The van der Waals surface area contributed by atoms with Crippen LogP contribution in [0.1, 0.15) is 40.5 Å². The van der Waals surface area contributed by atoms with Crippen molar-refractivity contribution >= 4 is 0 Å². The Morgan fingerprint density at radius 2 is 1.78 bits per heavy atom. The van der Waals surface area contributed by atoms with Gasteiger partial charge in [0.1, 0.15) is 0 Å². The molecule has 0 saturated carbocycles. The van der Waals surface area contributed by atoms with Crippen molar-refractivity contribution in [2.45, 2.75) is 40.5 Å². The van der Waals surface area contributed by atoms with Crippen molar-refractivity contribution in [2.24, 2.45) is 11.8 Å². The minimum atomic E-state index is 0.756. The van der Waals surface area contributed by atoms with Crippen LogP contribution < -0.4 is 0 Å². The molecule has 0 bridgehead atoms. The van der Waals surface area contributed by atoms with E-state index in [0.717, 1.165) is 11.8 Å². The van der Waals surface area contributed by atoms with E-state index in [0.29, 0.717) is 0 Å². The van der Waals surface area contributed by atoms with Gasteiger partial charge < -0.3 is 0 Å². The lowest BCUT2D eigenvalue weighted by molar-refractivity contribution is 0.529. The maximum atomic E-state index is 2.42. The Hall–Kier alpha value is 0. The van der Waals surface area contributed by atoms with Gasteiger partial charge in [-0.3, -0.25) is 0 Å². The second kappa shape index (κ2) is 4.84. The summed E-state index contributed by atoms with van der Waals surface area (Å²) in [7, 11) is 0. The average Bonchev–Trinajstić information content (AvgIpc) is 1.63. The number of hydrogen-bond donors (Lipinski definition) is 0. The Labute approximate surface area is 59.7 Å². The SMILES string of the molecule is CCCC(C)[CH]C(C)C. The zero-order valence-corrected chi connectivity index (χ0v) is 7.15. The van der Waals surface area contributed by atoms with Crippen LogP contribution in [-0.2, 0) is 0 Å². The van der Waals surface area contributed by atoms with E-state index >= 15 is 0 Å².